The fourth-order valence-electron chi connectivity index (χ4n) is 1.97. The Morgan fingerprint density at radius 2 is 1.75 bits per heavy atom. The van der Waals surface area contributed by atoms with Crippen molar-refractivity contribution in [2.75, 3.05) is 13.7 Å². The maximum absolute atomic E-state index is 6.18. The predicted molar refractivity (Wildman–Crippen MR) is 81.3 cm³/mol. The van der Waals surface area contributed by atoms with Gasteiger partial charge in [-0.1, -0.05) is 24.3 Å². The Bertz CT molecular complexity index is 581. The maximum atomic E-state index is 6.18. The average Bonchev–Trinajstić information content (AvgIpc) is 2.47. The standard InChI is InChI=1S/C17H21NO2/c1-12-7-8-14(9-13(12)2)17(18)11-20-16-6-4-5-15(10-16)19-3/h4-10,17H,11,18H2,1-3H3. The molecule has 0 heterocycles. The van der Waals surface area contributed by atoms with Crippen molar-refractivity contribution in [2.24, 2.45) is 5.73 Å². The van der Waals surface area contributed by atoms with Gasteiger partial charge in [-0.2, -0.15) is 0 Å². The van der Waals surface area contributed by atoms with Gasteiger partial charge in [0.25, 0.3) is 0 Å². The molecule has 0 spiro atoms. The third-order valence-electron chi connectivity index (χ3n) is 3.43. The monoisotopic (exact) mass is 271 g/mol. The minimum Gasteiger partial charge on any atom is -0.497 e. The van der Waals surface area contributed by atoms with Crippen molar-refractivity contribution in [3.8, 4) is 11.5 Å². The van der Waals surface area contributed by atoms with Gasteiger partial charge in [-0.25, -0.2) is 0 Å². The van der Waals surface area contributed by atoms with Crippen LogP contribution in [0.15, 0.2) is 42.5 Å². The third-order valence-corrected chi connectivity index (χ3v) is 3.43. The van der Waals surface area contributed by atoms with Crippen molar-refractivity contribution < 1.29 is 9.47 Å². The first-order chi connectivity index (χ1) is 9.60. The second kappa shape index (κ2) is 6.44. The molecule has 1 atom stereocenters. The molecule has 3 nitrogen and oxygen atoms in total. The molecule has 106 valence electrons. The molecule has 0 saturated carbocycles. The van der Waals surface area contributed by atoms with E-state index in [-0.39, 0.29) is 6.04 Å². The van der Waals surface area contributed by atoms with Crippen LogP contribution < -0.4 is 15.2 Å². The molecule has 1 unspecified atom stereocenters. The van der Waals surface area contributed by atoms with E-state index in [1.807, 2.05) is 24.3 Å². The van der Waals surface area contributed by atoms with Gasteiger partial charge >= 0.3 is 0 Å². The lowest BCUT2D eigenvalue weighted by molar-refractivity contribution is 0.289. The largest absolute Gasteiger partial charge is 0.497 e. The third kappa shape index (κ3) is 3.52. The highest BCUT2D eigenvalue weighted by molar-refractivity contribution is 5.34. The zero-order valence-electron chi connectivity index (χ0n) is 12.2. The fourth-order valence-corrected chi connectivity index (χ4v) is 1.97. The van der Waals surface area contributed by atoms with E-state index in [9.17, 15) is 0 Å². The maximum Gasteiger partial charge on any atom is 0.123 e. The second-order valence-electron chi connectivity index (χ2n) is 4.94. The molecule has 20 heavy (non-hydrogen) atoms. The number of ether oxygens (including phenoxy) is 2. The van der Waals surface area contributed by atoms with Crippen molar-refractivity contribution >= 4 is 0 Å². The Kier molecular flexibility index (Phi) is 4.64. The van der Waals surface area contributed by atoms with Gasteiger partial charge in [-0.15, -0.1) is 0 Å². The summed E-state index contributed by atoms with van der Waals surface area (Å²) in [4.78, 5) is 0. The Hall–Kier alpha value is -2.00. The zero-order valence-corrected chi connectivity index (χ0v) is 12.2. The van der Waals surface area contributed by atoms with Crippen LogP contribution in [0, 0.1) is 13.8 Å². The normalized spacial score (nSPS) is 12.0. The van der Waals surface area contributed by atoms with Crippen LogP contribution >= 0.6 is 0 Å². The molecule has 0 amide bonds. The van der Waals surface area contributed by atoms with Gasteiger partial charge in [0.05, 0.1) is 13.2 Å². The predicted octanol–water partition coefficient (Wildman–Crippen LogP) is 3.39. The first kappa shape index (κ1) is 14.4. The first-order valence-corrected chi connectivity index (χ1v) is 6.69. The highest BCUT2D eigenvalue weighted by Crippen LogP contribution is 2.21. The molecular weight excluding hydrogens is 250 g/mol. The van der Waals surface area contributed by atoms with Crippen LogP contribution in [0.5, 0.6) is 11.5 Å². The minimum atomic E-state index is -0.138. The number of hydrogen-bond donors (Lipinski definition) is 1. The highest BCUT2D eigenvalue weighted by Gasteiger charge is 2.08. The molecule has 2 aromatic rings. The molecule has 0 fully saturated rings. The van der Waals surface area contributed by atoms with Crippen LogP contribution in [0.2, 0.25) is 0 Å². The average molecular weight is 271 g/mol. The van der Waals surface area contributed by atoms with E-state index in [4.69, 9.17) is 15.2 Å². The van der Waals surface area contributed by atoms with E-state index in [1.165, 1.54) is 11.1 Å². The van der Waals surface area contributed by atoms with E-state index in [0.717, 1.165) is 17.1 Å². The van der Waals surface area contributed by atoms with Crippen molar-refractivity contribution in [3.05, 3.63) is 59.2 Å². The molecule has 0 saturated heterocycles. The summed E-state index contributed by atoms with van der Waals surface area (Å²) in [5.74, 6) is 1.55. The smallest absolute Gasteiger partial charge is 0.123 e. The van der Waals surface area contributed by atoms with E-state index < -0.39 is 0 Å². The van der Waals surface area contributed by atoms with Crippen LogP contribution in [0.25, 0.3) is 0 Å². The fraction of sp³-hybridized carbons (Fsp3) is 0.294. The molecule has 0 bridgehead atoms. The SMILES string of the molecule is COc1cccc(OCC(N)c2ccc(C)c(C)c2)c1. The lowest BCUT2D eigenvalue weighted by Crippen LogP contribution is -2.19. The number of methoxy groups -OCH3 is 1. The number of hydrogen-bond acceptors (Lipinski definition) is 3. The summed E-state index contributed by atoms with van der Waals surface area (Å²) in [6, 6.07) is 13.7. The van der Waals surface area contributed by atoms with Crippen molar-refractivity contribution in [3.63, 3.8) is 0 Å². The summed E-state index contributed by atoms with van der Waals surface area (Å²) >= 11 is 0. The zero-order chi connectivity index (χ0) is 14.5. The summed E-state index contributed by atoms with van der Waals surface area (Å²) in [6.45, 7) is 4.63. The molecule has 0 aliphatic heterocycles. The van der Waals surface area contributed by atoms with Gasteiger partial charge in [0.2, 0.25) is 0 Å². The molecular formula is C17H21NO2. The quantitative estimate of drug-likeness (QED) is 0.906. The summed E-state index contributed by atoms with van der Waals surface area (Å²) in [6.07, 6.45) is 0. The van der Waals surface area contributed by atoms with Gasteiger partial charge < -0.3 is 15.2 Å². The molecule has 0 aliphatic rings. The van der Waals surface area contributed by atoms with Crippen molar-refractivity contribution in [1.82, 2.24) is 0 Å². The van der Waals surface area contributed by atoms with E-state index >= 15 is 0 Å². The summed E-state index contributed by atoms with van der Waals surface area (Å²) in [5, 5.41) is 0. The Labute approximate surface area is 120 Å². The summed E-state index contributed by atoms with van der Waals surface area (Å²) in [5.41, 5.74) is 9.79. The van der Waals surface area contributed by atoms with Crippen LogP contribution in [0.4, 0.5) is 0 Å². The van der Waals surface area contributed by atoms with Gasteiger partial charge in [0.15, 0.2) is 0 Å². The minimum absolute atomic E-state index is 0.138. The Morgan fingerprint density at radius 1 is 1.00 bits per heavy atom. The Morgan fingerprint density at radius 3 is 2.45 bits per heavy atom. The molecule has 0 aromatic heterocycles. The van der Waals surface area contributed by atoms with Gasteiger partial charge in [0, 0.05) is 6.07 Å². The summed E-state index contributed by atoms with van der Waals surface area (Å²) < 4.78 is 10.9. The van der Waals surface area contributed by atoms with Gasteiger partial charge in [0.1, 0.15) is 18.1 Å². The van der Waals surface area contributed by atoms with Crippen LogP contribution in [0.3, 0.4) is 0 Å². The van der Waals surface area contributed by atoms with Gasteiger partial charge in [-0.3, -0.25) is 0 Å². The summed E-state index contributed by atoms with van der Waals surface area (Å²) in [7, 11) is 1.64. The second-order valence-corrected chi connectivity index (χ2v) is 4.94. The first-order valence-electron chi connectivity index (χ1n) is 6.69. The van der Waals surface area contributed by atoms with Crippen LogP contribution in [0.1, 0.15) is 22.7 Å². The van der Waals surface area contributed by atoms with E-state index in [0.29, 0.717) is 6.61 Å². The molecule has 3 heteroatoms. The number of nitrogens with two attached hydrogens (primary N) is 1. The highest BCUT2D eigenvalue weighted by atomic mass is 16.5. The van der Waals surface area contributed by atoms with E-state index in [1.54, 1.807) is 7.11 Å². The van der Waals surface area contributed by atoms with E-state index in [2.05, 4.69) is 32.0 Å². The van der Waals surface area contributed by atoms with Crippen LogP contribution in [-0.2, 0) is 0 Å². The lowest BCUT2D eigenvalue weighted by atomic mass is 10.0. The molecule has 0 aliphatic carbocycles. The molecule has 0 radical (unpaired) electrons. The molecule has 2 aromatic carbocycles. The van der Waals surface area contributed by atoms with Gasteiger partial charge in [-0.05, 0) is 42.7 Å². The molecule has 2 N–H and O–H groups in total. The lowest BCUT2D eigenvalue weighted by Gasteiger charge is -2.15. The molecule has 2 rings (SSSR count). The number of benzene rings is 2. The van der Waals surface area contributed by atoms with Crippen LogP contribution in [-0.4, -0.2) is 13.7 Å². The number of aryl methyl sites for hydroxylation is 2. The Balaban J connectivity index is 2.00. The van der Waals surface area contributed by atoms with Crippen molar-refractivity contribution in [1.29, 1.82) is 0 Å². The van der Waals surface area contributed by atoms with Crippen molar-refractivity contribution in [2.45, 2.75) is 19.9 Å². The topological polar surface area (TPSA) is 44.5 Å². The number of rotatable bonds is 5.